The minimum atomic E-state index is 0.624. The molecule has 0 aliphatic rings. The lowest BCUT2D eigenvalue weighted by atomic mass is 9.99. The van der Waals surface area contributed by atoms with Crippen molar-refractivity contribution in [2.24, 2.45) is 0 Å². The molecule has 0 aliphatic heterocycles. The first-order chi connectivity index (χ1) is 23.3. The highest BCUT2D eigenvalue weighted by Crippen LogP contribution is 2.42. The molecule has 0 aliphatic carbocycles. The molecule has 4 nitrogen and oxygen atoms in total. The summed E-state index contributed by atoms with van der Waals surface area (Å²) in [7, 11) is 0. The highest BCUT2D eigenvalue weighted by molar-refractivity contribution is 6.15. The fraction of sp³-hybridized carbons (Fsp3) is 0. The molecular weight excluding hydrogens is 574 g/mol. The molecule has 4 heteroatoms. The van der Waals surface area contributed by atoms with Crippen molar-refractivity contribution in [1.82, 2.24) is 9.13 Å². The van der Waals surface area contributed by atoms with E-state index < -0.39 is 0 Å². The molecule has 0 fully saturated rings. The molecule has 3 aromatic heterocycles. The van der Waals surface area contributed by atoms with Crippen LogP contribution in [0.2, 0.25) is 0 Å². The van der Waals surface area contributed by atoms with E-state index in [0.29, 0.717) is 5.69 Å². The van der Waals surface area contributed by atoms with Gasteiger partial charge in [0.1, 0.15) is 11.2 Å². The van der Waals surface area contributed by atoms with Crippen molar-refractivity contribution in [3.63, 3.8) is 0 Å². The van der Waals surface area contributed by atoms with E-state index in [0.717, 1.165) is 66.2 Å². The average molecular weight is 600 g/mol. The summed E-state index contributed by atoms with van der Waals surface area (Å²) in [6.45, 7) is 7.93. The van der Waals surface area contributed by atoms with Gasteiger partial charge in [-0.25, -0.2) is 4.85 Å². The molecule has 10 rings (SSSR count). The van der Waals surface area contributed by atoms with Crippen molar-refractivity contribution >= 4 is 71.2 Å². The van der Waals surface area contributed by atoms with Crippen molar-refractivity contribution in [3.8, 4) is 22.5 Å². The molecule has 0 atom stereocenters. The third-order valence-corrected chi connectivity index (χ3v) is 9.54. The van der Waals surface area contributed by atoms with E-state index in [-0.39, 0.29) is 0 Å². The van der Waals surface area contributed by atoms with Gasteiger partial charge < -0.3 is 13.6 Å². The molecule has 0 spiro atoms. The Hall–Kier alpha value is -6.57. The van der Waals surface area contributed by atoms with E-state index in [1.807, 2.05) is 24.3 Å². The fourth-order valence-electron chi connectivity index (χ4n) is 7.52. The number of hydrogen-bond donors (Lipinski definition) is 0. The number of furan rings is 1. The molecule has 0 amide bonds. The predicted molar refractivity (Wildman–Crippen MR) is 194 cm³/mol. The number of hydrogen-bond acceptors (Lipinski definition) is 1. The van der Waals surface area contributed by atoms with Gasteiger partial charge in [0.25, 0.3) is 0 Å². The second-order valence-corrected chi connectivity index (χ2v) is 12.0. The van der Waals surface area contributed by atoms with Gasteiger partial charge in [0, 0.05) is 43.6 Å². The van der Waals surface area contributed by atoms with Gasteiger partial charge in [-0.1, -0.05) is 97.1 Å². The maximum absolute atomic E-state index is 7.93. The van der Waals surface area contributed by atoms with Crippen LogP contribution in [0.5, 0.6) is 0 Å². The van der Waals surface area contributed by atoms with Crippen molar-refractivity contribution < 1.29 is 4.42 Å². The number of rotatable bonds is 3. The summed E-state index contributed by atoms with van der Waals surface area (Å²) in [5.74, 6) is 0. The van der Waals surface area contributed by atoms with Crippen LogP contribution in [0.25, 0.3) is 92.9 Å². The summed E-state index contributed by atoms with van der Waals surface area (Å²) in [5, 5.41) is 6.95. The van der Waals surface area contributed by atoms with Gasteiger partial charge in [-0.3, -0.25) is 0 Å². The number of nitrogens with zero attached hydrogens (tertiary/aromatic N) is 3. The Bertz CT molecular complexity index is 2880. The highest BCUT2D eigenvalue weighted by atomic mass is 16.3. The molecule has 7 aromatic carbocycles. The Morgan fingerprint density at radius 2 is 1.04 bits per heavy atom. The number of aromatic nitrogens is 2. The fourth-order valence-corrected chi connectivity index (χ4v) is 7.52. The minimum Gasteiger partial charge on any atom is -0.456 e. The third kappa shape index (κ3) is 3.63. The topological polar surface area (TPSA) is 27.4 Å². The standard InChI is InChI=1S/C43H25N3O/c1-44-36-16-5-9-20-40(36)46-39-19-8-4-13-32(39)33-15-10-14-29(43(33)46)27-21-23-41-34(25-27)35-26-28(22-24-42(35)47-41)45-37-17-6-2-11-30(37)31-12-3-7-18-38(31)45/h2-26H. The zero-order valence-corrected chi connectivity index (χ0v) is 25.2. The quantitative estimate of drug-likeness (QED) is 0.186. The minimum absolute atomic E-state index is 0.624. The molecule has 3 heterocycles. The Labute approximate surface area is 269 Å². The lowest BCUT2D eigenvalue weighted by Crippen LogP contribution is -1.95. The first-order valence-corrected chi connectivity index (χ1v) is 15.7. The first kappa shape index (κ1) is 25.7. The summed E-state index contributed by atoms with van der Waals surface area (Å²) >= 11 is 0. The normalized spacial score (nSPS) is 11.8. The molecular formula is C43H25N3O. The zero-order chi connectivity index (χ0) is 31.1. The van der Waals surface area contributed by atoms with Crippen molar-refractivity contribution in [2.75, 3.05) is 0 Å². The molecule has 0 bridgehead atoms. The van der Waals surface area contributed by atoms with Crippen LogP contribution in [0.1, 0.15) is 0 Å². The Balaban J connectivity index is 1.24. The second kappa shape index (κ2) is 9.71. The van der Waals surface area contributed by atoms with E-state index in [2.05, 4.69) is 141 Å². The van der Waals surface area contributed by atoms with Crippen LogP contribution in [0.15, 0.2) is 156 Å². The van der Waals surface area contributed by atoms with Crippen LogP contribution in [0, 0.1) is 6.57 Å². The summed E-state index contributed by atoms with van der Waals surface area (Å²) in [6, 6.07) is 53.0. The van der Waals surface area contributed by atoms with Crippen molar-refractivity contribution in [1.29, 1.82) is 0 Å². The van der Waals surface area contributed by atoms with E-state index in [1.165, 1.54) is 21.8 Å². The van der Waals surface area contributed by atoms with Crippen molar-refractivity contribution in [2.45, 2.75) is 0 Å². The second-order valence-electron chi connectivity index (χ2n) is 12.0. The molecule has 10 aromatic rings. The van der Waals surface area contributed by atoms with Gasteiger partial charge in [-0.2, -0.15) is 0 Å². The van der Waals surface area contributed by atoms with Crippen LogP contribution < -0.4 is 0 Å². The molecule has 0 unspecified atom stereocenters. The summed E-state index contributed by atoms with van der Waals surface area (Å²) in [6.07, 6.45) is 0. The van der Waals surface area contributed by atoms with Crippen LogP contribution in [0.3, 0.4) is 0 Å². The SMILES string of the molecule is [C-]#[N+]c1ccccc1-n1c2ccccc2c2cccc(-c3ccc4oc5ccc(-n6c7ccccc7c7ccccc76)cc5c4c3)c21. The zero-order valence-electron chi connectivity index (χ0n) is 25.2. The highest BCUT2D eigenvalue weighted by Gasteiger charge is 2.19. The molecule has 218 valence electrons. The maximum atomic E-state index is 7.93. The molecule has 0 radical (unpaired) electrons. The van der Waals surface area contributed by atoms with Gasteiger partial charge in [-0.15, -0.1) is 0 Å². The van der Waals surface area contributed by atoms with E-state index in [1.54, 1.807) is 0 Å². The van der Waals surface area contributed by atoms with Crippen molar-refractivity contribution in [3.05, 3.63) is 163 Å². The number of para-hydroxylation sites is 6. The summed E-state index contributed by atoms with van der Waals surface area (Å²) in [5.41, 5.74) is 11.0. The van der Waals surface area contributed by atoms with E-state index in [4.69, 9.17) is 11.0 Å². The van der Waals surface area contributed by atoms with Gasteiger partial charge in [0.05, 0.1) is 34.3 Å². The van der Waals surface area contributed by atoms with E-state index in [9.17, 15) is 0 Å². The Kier molecular flexibility index (Phi) is 5.32. The van der Waals surface area contributed by atoms with Gasteiger partial charge >= 0.3 is 0 Å². The Morgan fingerprint density at radius 3 is 1.77 bits per heavy atom. The lowest BCUT2D eigenvalue weighted by Gasteiger charge is -2.13. The third-order valence-electron chi connectivity index (χ3n) is 9.54. The van der Waals surface area contributed by atoms with Gasteiger partial charge in [0.2, 0.25) is 5.69 Å². The lowest BCUT2D eigenvalue weighted by molar-refractivity contribution is 0.669. The summed E-state index contributed by atoms with van der Waals surface area (Å²) < 4.78 is 11.0. The van der Waals surface area contributed by atoms with Gasteiger partial charge in [0.15, 0.2) is 0 Å². The molecule has 47 heavy (non-hydrogen) atoms. The largest absolute Gasteiger partial charge is 0.456 e. The molecule has 0 N–H and O–H groups in total. The molecule has 0 saturated carbocycles. The molecule has 0 saturated heterocycles. The van der Waals surface area contributed by atoms with Crippen LogP contribution in [0.4, 0.5) is 5.69 Å². The number of fused-ring (bicyclic) bond motifs is 9. The predicted octanol–water partition coefficient (Wildman–Crippen LogP) is 12.0. The van der Waals surface area contributed by atoms with Crippen LogP contribution in [-0.2, 0) is 0 Å². The number of benzene rings is 7. The van der Waals surface area contributed by atoms with E-state index >= 15 is 0 Å². The smallest absolute Gasteiger partial charge is 0.210 e. The average Bonchev–Trinajstić information content (AvgIpc) is 3.79. The van der Waals surface area contributed by atoms with Gasteiger partial charge in [-0.05, 0) is 60.2 Å². The monoisotopic (exact) mass is 599 g/mol. The van der Waals surface area contributed by atoms with Crippen LogP contribution in [-0.4, -0.2) is 9.13 Å². The van der Waals surface area contributed by atoms with Crippen LogP contribution >= 0.6 is 0 Å². The maximum Gasteiger partial charge on any atom is 0.210 e. The summed E-state index contributed by atoms with van der Waals surface area (Å²) in [4.78, 5) is 3.89. The Morgan fingerprint density at radius 1 is 0.468 bits per heavy atom. The first-order valence-electron chi connectivity index (χ1n) is 15.7.